The van der Waals surface area contributed by atoms with Crippen molar-refractivity contribution in [3.63, 3.8) is 0 Å². The molecule has 0 saturated carbocycles. The first-order valence-corrected chi connectivity index (χ1v) is 6.81. The van der Waals surface area contributed by atoms with E-state index in [0.717, 1.165) is 18.4 Å². The normalized spacial score (nSPS) is 11.6. The van der Waals surface area contributed by atoms with E-state index in [2.05, 4.69) is 4.72 Å². The second-order valence-corrected chi connectivity index (χ2v) is 5.54. The summed E-state index contributed by atoms with van der Waals surface area (Å²) < 4.78 is 26.2. The molecule has 0 amide bonds. The van der Waals surface area contributed by atoms with Crippen LogP contribution in [0.3, 0.4) is 0 Å². The highest BCUT2D eigenvalue weighted by Crippen LogP contribution is 2.16. The molecule has 16 heavy (non-hydrogen) atoms. The highest BCUT2D eigenvalue weighted by molar-refractivity contribution is 7.89. The Kier molecular flexibility index (Phi) is 4.32. The Morgan fingerprint density at radius 2 is 2.06 bits per heavy atom. The van der Waals surface area contributed by atoms with Crippen LogP contribution >= 0.6 is 0 Å². The molecule has 0 heterocycles. The maximum atomic E-state index is 11.8. The van der Waals surface area contributed by atoms with Crippen LogP contribution in [0.25, 0.3) is 0 Å². The largest absolute Gasteiger partial charge is 0.399 e. The molecule has 0 radical (unpaired) electrons. The van der Waals surface area contributed by atoms with E-state index in [-0.39, 0.29) is 4.90 Å². The van der Waals surface area contributed by atoms with E-state index in [1.807, 2.05) is 6.92 Å². The van der Waals surface area contributed by atoms with Crippen LogP contribution in [0.4, 0.5) is 5.69 Å². The van der Waals surface area contributed by atoms with Gasteiger partial charge in [0.1, 0.15) is 0 Å². The Labute approximate surface area is 96.9 Å². The summed E-state index contributed by atoms with van der Waals surface area (Å²) in [5.41, 5.74) is 7.02. The smallest absolute Gasteiger partial charge is 0.240 e. The number of unbranched alkanes of at least 4 members (excludes halogenated alkanes) is 1. The molecule has 5 heteroatoms. The fourth-order valence-corrected chi connectivity index (χ4v) is 2.44. The molecule has 1 aromatic carbocycles. The second-order valence-electron chi connectivity index (χ2n) is 3.77. The van der Waals surface area contributed by atoms with Gasteiger partial charge < -0.3 is 5.73 Å². The number of benzene rings is 1. The van der Waals surface area contributed by atoms with Gasteiger partial charge in [0, 0.05) is 12.2 Å². The summed E-state index contributed by atoms with van der Waals surface area (Å²) in [6.07, 6.45) is 1.80. The Hall–Kier alpha value is -1.07. The summed E-state index contributed by atoms with van der Waals surface area (Å²) in [5.74, 6) is 0. The van der Waals surface area contributed by atoms with Crippen molar-refractivity contribution in [2.24, 2.45) is 0 Å². The van der Waals surface area contributed by atoms with Crippen molar-refractivity contribution in [1.82, 2.24) is 4.72 Å². The molecule has 0 spiro atoms. The fourth-order valence-electron chi connectivity index (χ4n) is 1.28. The molecule has 0 aliphatic heterocycles. The molecule has 0 bridgehead atoms. The van der Waals surface area contributed by atoms with Crippen LogP contribution in [0, 0.1) is 6.92 Å². The Morgan fingerprint density at radius 1 is 1.38 bits per heavy atom. The SMILES string of the molecule is CCCCNS(=O)(=O)c1ccc(N)c(C)c1. The molecular weight excluding hydrogens is 224 g/mol. The van der Waals surface area contributed by atoms with E-state index >= 15 is 0 Å². The molecule has 0 unspecified atom stereocenters. The molecule has 4 nitrogen and oxygen atoms in total. The lowest BCUT2D eigenvalue weighted by atomic mass is 10.2. The molecule has 0 fully saturated rings. The Bertz CT molecular complexity index is 455. The zero-order chi connectivity index (χ0) is 12.2. The molecule has 0 saturated heterocycles. The summed E-state index contributed by atoms with van der Waals surface area (Å²) in [5, 5.41) is 0. The molecular formula is C11H18N2O2S. The quantitative estimate of drug-likeness (QED) is 0.609. The number of nitrogen functional groups attached to an aromatic ring is 1. The van der Waals surface area contributed by atoms with Gasteiger partial charge in [0.25, 0.3) is 0 Å². The summed E-state index contributed by atoms with van der Waals surface area (Å²) in [7, 11) is -3.38. The predicted molar refractivity (Wildman–Crippen MR) is 65.7 cm³/mol. The lowest BCUT2D eigenvalue weighted by Crippen LogP contribution is -2.24. The van der Waals surface area contributed by atoms with E-state index in [1.54, 1.807) is 19.1 Å². The van der Waals surface area contributed by atoms with Crippen molar-refractivity contribution in [3.05, 3.63) is 23.8 Å². The molecule has 0 atom stereocenters. The number of nitrogens with two attached hydrogens (primary N) is 1. The third kappa shape index (κ3) is 3.21. The van der Waals surface area contributed by atoms with Crippen LogP contribution in [0.1, 0.15) is 25.3 Å². The molecule has 3 N–H and O–H groups in total. The van der Waals surface area contributed by atoms with Crippen molar-refractivity contribution >= 4 is 15.7 Å². The average molecular weight is 242 g/mol. The van der Waals surface area contributed by atoms with Gasteiger partial charge >= 0.3 is 0 Å². The van der Waals surface area contributed by atoms with Gasteiger partial charge in [0.2, 0.25) is 10.0 Å². The number of nitrogens with one attached hydrogen (secondary N) is 1. The highest BCUT2D eigenvalue weighted by atomic mass is 32.2. The van der Waals surface area contributed by atoms with Gasteiger partial charge in [-0.2, -0.15) is 0 Å². The van der Waals surface area contributed by atoms with E-state index in [9.17, 15) is 8.42 Å². The van der Waals surface area contributed by atoms with Crippen molar-refractivity contribution in [3.8, 4) is 0 Å². The first-order valence-electron chi connectivity index (χ1n) is 5.33. The monoisotopic (exact) mass is 242 g/mol. The maximum absolute atomic E-state index is 11.8. The van der Waals surface area contributed by atoms with Crippen LogP contribution in [-0.2, 0) is 10.0 Å². The molecule has 1 rings (SSSR count). The van der Waals surface area contributed by atoms with Gasteiger partial charge in [0.15, 0.2) is 0 Å². The van der Waals surface area contributed by atoms with Gasteiger partial charge in [-0.1, -0.05) is 13.3 Å². The zero-order valence-corrected chi connectivity index (χ0v) is 10.5. The number of sulfonamides is 1. The third-order valence-corrected chi connectivity index (χ3v) is 3.83. The number of hydrogen-bond acceptors (Lipinski definition) is 3. The standard InChI is InChI=1S/C11H18N2O2S/c1-3-4-7-13-16(14,15)10-5-6-11(12)9(2)8-10/h5-6,8,13H,3-4,7,12H2,1-2H3. The van der Waals surface area contributed by atoms with Crippen molar-refractivity contribution in [1.29, 1.82) is 0 Å². The van der Waals surface area contributed by atoms with Crippen LogP contribution in [0.5, 0.6) is 0 Å². The van der Waals surface area contributed by atoms with E-state index in [1.165, 1.54) is 6.07 Å². The Morgan fingerprint density at radius 3 is 2.62 bits per heavy atom. The lowest BCUT2D eigenvalue weighted by molar-refractivity contribution is 0.578. The van der Waals surface area contributed by atoms with E-state index in [0.29, 0.717) is 12.2 Å². The number of aryl methyl sites for hydroxylation is 1. The first-order chi connectivity index (χ1) is 7.47. The third-order valence-electron chi connectivity index (χ3n) is 2.37. The molecule has 0 aliphatic carbocycles. The lowest BCUT2D eigenvalue weighted by Gasteiger charge is -2.07. The minimum absolute atomic E-state index is 0.273. The topological polar surface area (TPSA) is 72.2 Å². The highest BCUT2D eigenvalue weighted by Gasteiger charge is 2.13. The number of hydrogen-bond donors (Lipinski definition) is 2. The zero-order valence-electron chi connectivity index (χ0n) is 9.66. The molecule has 0 aliphatic rings. The molecule has 1 aromatic rings. The molecule has 0 aromatic heterocycles. The van der Waals surface area contributed by atoms with Crippen LogP contribution < -0.4 is 10.5 Å². The maximum Gasteiger partial charge on any atom is 0.240 e. The second kappa shape index (κ2) is 5.32. The van der Waals surface area contributed by atoms with Crippen molar-refractivity contribution in [2.45, 2.75) is 31.6 Å². The first kappa shape index (κ1) is 13.0. The average Bonchev–Trinajstić information content (AvgIpc) is 2.22. The molecule has 90 valence electrons. The summed E-state index contributed by atoms with van der Waals surface area (Å²) in [6.45, 7) is 4.28. The minimum Gasteiger partial charge on any atom is -0.399 e. The summed E-state index contributed by atoms with van der Waals surface area (Å²) in [4.78, 5) is 0.273. The van der Waals surface area contributed by atoms with E-state index < -0.39 is 10.0 Å². The minimum atomic E-state index is -3.38. The van der Waals surface area contributed by atoms with Crippen molar-refractivity contribution in [2.75, 3.05) is 12.3 Å². The van der Waals surface area contributed by atoms with Gasteiger partial charge in [0.05, 0.1) is 4.90 Å². The van der Waals surface area contributed by atoms with Crippen molar-refractivity contribution < 1.29 is 8.42 Å². The van der Waals surface area contributed by atoms with Crippen LogP contribution in [-0.4, -0.2) is 15.0 Å². The van der Waals surface area contributed by atoms with Crippen LogP contribution in [0.2, 0.25) is 0 Å². The van der Waals surface area contributed by atoms with Gasteiger partial charge in [-0.25, -0.2) is 13.1 Å². The number of rotatable bonds is 5. The predicted octanol–water partition coefficient (Wildman–Crippen LogP) is 1.66. The van der Waals surface area contributed by atoms with Gasteiger partial charge in [-0.15, -0.1) is 0 Å². The summed E-state index contributed by atoms with van der Waals surface area (Å²) in [6, 6.07) is 4.73. The van der Waals surface area contributed by atoms with E-state index in [4.69, 9.17) is 5.73 Å². The number of anilines is 1. The van der Waals surface area contributed by atoms with Crippen LogP contribution in [0.15, 0.2) is 23.1 Å². The fraction of sp³-hybridized carbons (Fsp3) is 0.455. The van der Waals surface area contributed by atoms with Gasteiger partial charge in [-0.05, 0) is 37.1 Å². The Balaban J connectivity index is 2.86. The summed E-state index contributed by atoms with van der Waals surface area (Å²) >= 11 is 0. The van der Waals surface area contributed by atoms with Gasteiger partial charge in [-0.3, -0.25) is 0 Å².